The molecule has 3 aromatic rings. The summed E-state index contributed by atoms with van der Waals surface area (Å²) in [6, 6.07) is 12.7. The zero-order valence-electron chi connectivity index (χ0n) is 17.2. The molecule has 2 N–H and O–H groups in total. The quantitative estimate of drug-likeness (QED) is 0.612. The number of nitrogens with zero attached hydrogens (tertiary/aromatic N) is 4. The second kappa shape index (κ2) is 8.48. The molecule has 2 aromatic carbocycles. The van der Waals surface area contributed by atoms with Crippen LogP contribution in [0, 0.1) is 11.3 Å². The van der Waals surface area contributed by atoms with Crippen molar-refractivity contribution in [3.63, 3.8) is 0 Å². The van der Waals surface area contributed by atoms with Crippen LogP contribution in [0.5, 0.6) is 0 Å². The highest BCUT2D eigenvalue weighted by Gasteiger charge is 2.34. The lowest BCUT2D eigenvalue weighted by Gasteiger charge is -2.31. The molecule has 0 saturated heterocycles. The van der Waals surface area contributed by atoms with E-state index in [1.165, 1.54) is 18.5 Å². The van der Waals surface area contributed by atoms with Crippen LogP contribution >= 0.6 is 0 Å². The lowest BCUT2D eigenvalue weighted by Crippen LogP contribution is -2.32. The molecule has 1 atom stereocenters. The molecule has 4 rings (SSSR count). The topological polar surface area (TPSA) is 85.1 Å². The Hall–Kier alpha value is -3.64. The van der Waals surface area contributed by atoms with E-state index < -0.39 is 23.4 Å². The first kappa shape index (κ1) is 21.6. The van der Waals surface area contributed by atoms with Crippen LogP contribution in [-0.4, -0.2) is 21.6 Å². The predicted octanol–water partition coefficient (Wildman–Crippen LogP) is 4.73. The van der Waals surface area contributed by atoms with Gasteiger partial charge in [-0.25, -0.2) is 9.97 Å². The second-order valence-electron chi connectivity index (χ2n) is 7.58. The Labute approximate surface area is 183 Å². The van der Waals surface area contributed by atoms with E-state index in [2.05, 4.69) is 15.3 Å². The van der Waals surface area contributed by atoms with Gasteiger partial charge in [-0.1, -0.05) is 12.1 Å². The number of anilines is 3. The molecule has 0 bridgehead atoms. The van der Waals surface area contributed by atoms with Gasteiger partial charge in [0, 0.05) is 23.5 Å². The van der Waals surface area contributed by atoms with Crippen molar-refractivity contribution in [3.8, 4) is 6.07 Å². The van der Waals surface area contributed by atoms with Crippen LogP contribution in [-0.2, 0) is 19.1 Å². The number of aliphatic hydroxyl groups excluding tert-OH is 1. The largest absolute Gasteiger partial charge is 0.417 e. The number of nitriles is 1. The number of aliphatic hydroxyl groups is 1. The van der Waals surface area contributed by atoms with E-state index in [4.69, 9.17) is 5.26 Å². The molecule has 1 aromatic heterocycles. The fourth-order valence-electron chi connectivity index (χ4n) is 3.73. The third-order valence-electron chi connectivity index (χ3n) is 5.46. The first-order valence-electron chi connectivity index (χ1n) is 10.0. The van der Waals surface area contributed by atoms with E-state index in [9.17, 15) is 18.3 Å². The first-order chi connectivity index (χ1) is 15.3. The van der Waals surface area contributed by atoms with Crippen LogP contribution in [0.1, 0.15) is 41.0 Å². The van der Waals surface area contributed by atoms with Crippen LogP contribution in [0.15, 0.2) is 48.8 Å². The van der Waals surface area contributed by atoms with Gasteiger partial charge in [-0.15, -0.1) is 0 Å². The number of aromatic nitrogens is 2. The zero-order valence-corrected chi connectivity index (χ0v) is 17.2. The second-order valence-corrected chi connectivity index (χ2v) is 7.58. The molecule has 2 heterocycles. The number of nitrogens with one attached hydrogen (secondary N) is 1. The summed E-state index contributed by atoms with van der Waals surface area (Å²) in [7, 11) is 0. The molecule has 0 spiro atoms. The van der Waals surface area contributed by atoms with Gasteiger partial charge >= 0.3 is 6.18 Å². The minimum absolute atomic E-state index is 0.330. The van der Waals surface area contributed by atoms with E-state index in [0.717, 1.165) is 28.6 Å². The lowest BCUT2D eigenvalue weighted by molar-refractivity contribution is -0.137. The number of hydrogen-bond donors (Lipinski definition) is 2. The average molecular weight is 439 g/mol. The minimum atomic E-state index is -4.60. The maximum atomic E-state index is 13.3. The smallest absolute Gasteiger partial charge is 0.389 e. The summed E-state index contributed by atoms with van der Waals surface area (Å²) in [5, 5.41) is 21.9. The van der Waals surface area contributed by atoms with E-state index in [0.29, 0.717) is 31.0 Å². The Balaban J connectivity index is 1.57. The van der Waals surface area contributed by atoms with Gasteiger partial charge in [0.2, 0.25) is 0 Å². The van der Waals surface area contributed by atoms with Crippen LogP contribution in [0.2, 0.25) is 0 Å². The number of alkyl halides is 3. The first-order valence-corrected chi connectivity index (χ1v) is 10.0. The Bertz CT molecular complexity index is 1170. The van der Waals surface area contributed by atoms with E-state index in [1.807, 2.05) is 29.2 Å². The molecular weight excluding hydrogens is 419 g/mol. The van der Waals surface area contributed by atoms with E-state index >= 15 is 0 Å². The fraction of sp³-hybridized carbons (Fsp3) is 0.261. The number of halogens is 3. The molecule has 9 heteroatoms. The molecule has 32 heavy (non-hydrogen) atoms. The minimum Gasteiger partial charge on any atom is -0.389 e. The van der Waals surface area contributed by atoms with Gasteiger partial charge in [0.15, 0.2) is 0 Å². The van der Waals surface area contributed by atoms with Crippen LogP contribution in [0.4, 0.5) is 30.4 Å². The average Bonchev–Trinajstić information content (AvgIpc) is 2.78. The van der Waals surface area contributed by atoms with Gasteiger partial charge in [0.1, 0.15) is 12.1 Å². The monoisotopic (exact) mass is 439 g/mol. The lowest BCUT2D eigenvalue weighted by atomic mass is 10.0. The van der Waals surface area contributed by atoms with E-state index in [1.54, 1.807) is 13.0 Å². The highest BCUT2D eigenvalue weighted by molar-refractivity contribution is 5.62. The summed E-state index contributed by atoms with van der Waals surface area (Å²) in [4.78, 5) is 10.5. The van der Waals surface area contributed by atoms with Crippen molar-refractivity contribution in [1.82, 2.24) is 9.97 Å². The van der Waals surface area contributed by atoms with Gasteiger partial charge < -0.3 is 15.3 Å². The van der Waals surface area contributed by atoms with Gasteiger partial charge in [-0.3, -0.25) is 0 Å². The molecule has 0 fully saturated rings. The Morgan fingerprint density at radius 1 is 1.16 bits per heavy atom. The Kier molecular flexibility index (Phi) is 5.72. The van der Waals surface area contributed by atoms with Crippen LogP contribution < -0.4 is 10.2 Å². The molecule has 164 valence electrons. The van der Waals surface area contributed by atoms with Crippen LogP contribution in [0.3, 0.4) is 0 Å². The maximum Gasteiger partial charge on any atom is 0.417 e. The van der Waals surface area contributed by atoms with Crippen molar-refractivity contribution < 1.29 is 18.3 Å². The predicted molar refractivity (Wildman–Crippen MR) is 113 cm³/mol. The molecule has 0 amide bonds. The maximum absolute atomic E-state index is 13.3. The third-order valence-corrected chi connectivity index (χ3v) is 5.46. The molecule has 0 saturated carbocycles. The molecular formula is C23H20F3N5O. The number of benzene rings is 2. The number of hydrogen-bond acceptors (Lipinski definition) is 6. The Morgan fingerprint density at radius 2 is 1.91 bits per heavy atom. The highest BCUT2D eigenvalue weighted by Crippen LogP contribution is 2.36. The third kappa shape index (κ3) is 4.36. The number of rotatable bonds is 4. The normalized spacial score (nSPS) is 14.4. The standard InChI is InChI=1S/C23H20F3N5O/c1-14(32)15-2-5-17(6-3-15)30-22-19-8-9-31(12-21(19)28-13-29-22)18-7-4-16(11-27)20(10-18)23(24,25)26/h2-7,10,13-14,32H,8-9,12H2,1H3,(H,28,29,30). The molecule has 1 aliphatic heterocycles. The molecule has 0 radical (unpaired) electrons. The van der Waals surface area contributed by atoms with Crippen LogP contribution in [0.25, 0.3) is 0 Å². The Morgan fingerprint density at radius 3 is 2.56 bits per heavy atom. The summed E-state index contributed by atoms with van der Waals surface area (Å²) in [5.41, 5.74) is 2.31. The summed E-state index contributed by atoms with van der Waals surface area (Å²) in [6.07, 6.45) is -3.18. The van der Waals surface area contributed by atoms with Gasteiger partial charge in [0.25, 0.3) is 0 Å². The van der Waals surface area contributed by atoms with Gasteiger partial charge in [-0.2, -0.15) is 18.4 Å². The van der Waals surface area contributed by atoms with Crippen molar-refractivity contribution in [1.29, 1.82) is 5.26 Å². The molecule has 1 aliphatic rings. The molecule has 0 aliphatic carbocycles. The highest BCUT2D eigenvalue weighted by atomic mass is 19.4. The van der Waals surface area contributed by atoms with Crippen molar-refractivity contribution in [2.45, 2.75) is 32.2 Å². The van der Waals surface area contributed by atoms with Crippen molar-refractivity contribution >= 4 is 17.2 Å². The number of fused-ring (bicyclic) bond motifs is 1. The van der Waals surface area contributed by atoms with Crippen molar-refractivity contribution in [2.24, 2.45) is 0 Å². The zero-order chi connectivity index (χ0) is 22.9. The molecule has 1 unspecified atom stereocenters. The summed E-state index contributed by atoms with van der Waals surface area (Å²) >= 11 is 0. The van der Waals surface area contributed by atoms with Crippen molar-refractivity contribution in [2.75, 3.05) is 16.8 Å². The molecule has 6 nitrogen and oxygen atoms in total. The van der Waals surface area contributed by atoms with E-state index in [-0.39, 0.29) is 0 Å². The fourth-order valence-corrected chi connectivity index (χ4v) is 3.73. The summed E-state index contributed by atoms with van der Waals surface area (Å²) in [5.74, 6) is 0.648. The van der Waals surface area contributed by atoms with Gasteiger partial charge in [-0.05, 0) is 49.2 Å². The summed E-state index contributed by atoms with van der Waals surface area (Å²) < 4.78 is 40.0. The summed E-state index contributed by atoms with van der Waals surface area (Å²) in [6.45, 7) is 2.51. The van der Waals surface area contributed by atoms with Gasteiger partial charge in [0.05, 0.1) is 35.5 Å². The SMILES string of the molecule is CC(O)c1ccc(Nc2ncnc3c2CCN(c2ccc(C#N)c(C(F)(F)F)c2)C3)cc1. The van der Waals surface area contributed by atoms with Crippen molar-refractivity contribution in [3.05, 3.63) is 76.7 Å².